The zero-order valence-corrected chi connectivity index (χ0v) is 17.5. The summed E-state index contributed by atoms with van der Waals surface area (Å²) < 4.78 is 44.8. The van der Waals surface area contributed by atoms with Gasteiger partial charge in [0.1, 0.15) is 5.82 Å². The molecule has 2 saturated carbocycles. The summed E-state index contributed by atoms with van der Waals surface area (Å²) in [6.07, 6.45) is 12.4. The van der Waals surface area contributed by atoms with E-state index in [1.54, 1.807) is 19.1 Å². The van der Waals surface area contributed by atoms with Gasteiger partial charge in [0.25, 0.3) is 5.92 Å². The molecule has 3 aliphatic carbocycles. The molecule has 1 unspecified atom stereocenters. The molecule has 0 amide bonds. The molecular weight excluding hydrogens is 357 g/mol. The molecule has 1 aromatic carbocycles. The van der Waals surface area contributed by atoms with Gasteiger partial charge in [-0.25, -0.2) is 13.2 Å². The van der Waals surface area contributed by atoms with Gasteiger partial charge in [0.15, 0.2) is 0 Å². The molecule has 4 rings (SSSR count). The quantitative estimate of drug-likeness (QED) is 0.490. The van der Waals surface area contributed by atoms with Crippen molar-refractivity contribution in [1.29, 1.82) is 0 Å². The van der Waals surface area contributed by atoms with Gasteiger partial charge in [-0.15, -0.1) is 0 Å². The van der Waals surface area contributed by atoms with E-state index in [1.807, 2.05) is 0 Å². The minimum atomic E-state index is -3.01. The normalized spacial score (nSPS) is 35.0. The second-order valence-corrected chi connectivity index (χ2v) is 9.91. The van der Waals surface area contributed by atoms with Crippen molar-refractivity contribution in [3.8, 4) is 0 Å². The molecule has 1 aromatic rings. The molecule has 2 fully saturated rings. The molecule has 0 spiro atoms. The third-order valence-corrected chi connectivity index (χ3v) is 8.30. The van der Waals surface area contributed by atoms with Crippen molar-refractivity contribution in [3.05, 3.63) is 34.6 Å². The second-order valence-electron chi connectivity index (χ2n) is 9.91. The third-order valence-electron chi connectivity index (χ3n) is 8.30. The van der Waals surface area contributed by atoms with Gasteiger partial charge in [0.2, 0.25) is 0 Å². The molecule has 1 atom stereocenters. The van der Waals surface area contributed by atoms with Gasteiger partial charge in [-0.3, -0.25) is 0 Å². The fourth-order valence-electron chi connectivity index (χ4n) is 6.64. The van der Waals surface area contributed by atoms with Crippen LogP contribution < -0.4 is 0 Å². The van der Waals surface area contributed by atoms with Crippen LogP contribution in [-0.2, 0) is 12.3 Å². The maximum absolute atomic E-state index is 15.2. The molecule has 28 heavy (non-hydrogen) atoms. The number of fused-ring (bicyclic) bond motifs is 1. The van der Waals surface area contributed by atoms with Crippen molar-refractivity contribution in [1.82, 2.24) is 0 Å². The molecule has 3 heteroatoms. The number of hydrogen-bond acceptors (Lipinski definition) is 0. The Labute approximate surface area is 168 Å². The van der Waals surface area contributed by atoms with E-state index in [0.717, 1.165) is 43.4 Å². The van der Waals surface area contributed by atoms with E-state index in [2.05, 4.69) is 6.92 Å². The largest absolute Gasteiger partial charge is 0.279 e. The Hall–Kier alpha value is -0.990. The number of hydrogen-bond donors (Lipinski definition) is 0. The van der Waals surface area contributed by atoms with Crippen LogP contribution in [-0.4, -0.2) is 0 Å². The summed E-state index contributed by atoms with van der Waals surface area (Å²) in [6, 6.07) is 3.38. The summed E-state index contributed by atoms with van der Waals surface area (Å²) in [7, 11) is 0. The van der Waals surface area contributed by atoms with Crippen molar-refractivity contribution in [2.45, 2.75) is 90.4 Å². The first-order valence-electron chi connectivity index (χ1n) is 11.6. The molecule has 0 bridgehead atoms. The molecule has 0 heterocycles. The number of benzene rings is 1. The average Bonchev–Trinajstić information content (AvgIpc) is 2.97. The maximum Gasteiger partial charge on any atom is 0.279 e. The lowest BCUT2D eigenvalue weighted by Gasteiger charge is -2.40. The molecule has 156 valence electrons. The van der Waals surface area contributed by atoms with E-state index in [9.17, 15) is 4.39 Å². The molecule has 3 aliphatic rings. The van der Waals surface area contributed by atoms with Crippen molar-refractivity contribution in [3.63, 3.8) is 0 Å². The molecule has 0 aromatic heterocycles. The highest BCUT2D eigenvalue weighted by atomic mass is 19.3. The Morgan fingerprint density at radius 3 is 2.07 bits per heavy atom. The number of alkyl halides is 2. The van der Waals surface area contributed by atoms with Gasteiger partial charge in [0.05, 0.1) is 5.56 Å². The Morgan fingerprint density at radius 1 is 0.893 bits per heavy atom. The van der Waals surface area contributed by atoms with Gasteiger partial charge in [0, 0.05) is 5.92 Å². The smallest absolute Gasteiger partial charge is 0.206 e. The van der Waals surface area contributed by atoms with Crippen LogP contribution in [0.5, 0.6) is 0 Å². The lowest BCUT2D eigenvalue weighted by Crippen LogP contribution is -2.33. The van der Waals surface area contributed by atoms with E-state index < -0.39 is 17.7 Å². The SMILES string of the molecule is CCCC1CCC(C2CCC(C3Cc4ccc(C)c(F)c4C3(F)F)CC2)CC1. The molecule has 0 saturated heterocycles. The van der Waals surface area contributed by atoms with Crippen molar-refractivity contribution < 1.29 is 13.2 Å². The minimum absolute atomic E-state index is 0.0368. The summed E-state index contributed by atoms with van der Waals surface area (Å²) in [5.74, 6) is -1.89. The predicted molar refractivity (Wildman–Crippen MR) is 108 cm³/mol. The van der Waals surface area contributed by atoms with Gasteiger partial charge in [-0.05, 0) is 86.7 Å². The first-order valence-corrected chi connectivity index (χ1v) is 11.6. The first-order chi connectivity index (χ1) is 13.4. The second kappa shape index (κ2) is 8.03. The van der Waals surface area contributed by atoms with Crippen LogP contribution in [0, 0.1) is 42.3 Å². The minimum Gasteiger partial charge on any atom is -0.206 e. The van der Waals surface area contributed by atoms with E-state index in [1.165, 1.54) is 38.5 Å². The van der Waals surface area contributed by atoms with E-state index in [4.69, 9.17) is 0 Å². The highest BCUT2D eigenvalue weighted by Gasteiger charge is 2.53. The zero-order chi connectivity index (χ0) is 19.9. The van der Waals surface area contributed by atoms with E-state index >= 15 is 8.78 Å². The maximum atomic E-state index is 15.2. The van der Waals surface area contributed by atoms with Crippen LogP contribution in [0.3, 0.4) is 0 Å². The topological polar surface area (TPSA) is 0 Å². The zero-order valence-electron chi connectivity index (χ0n) is 17.5. The highest BCUT2D eigenvalue weighted by Crippen LogP contribution is 2.54. The fraction of sp³-hybridized carbons (Fsp3) is 0.760. The van der Waals surface area contributed by atoms with Crippen LogP contribution >= 0.6 is 0 Å². The fourth-order valence-corrected chi connectivity index (χ4v) is 6.64. The van der Waals surface area contributed by atoms with Crippen LogP contribution in [0.1, 0.15) is 87.8 Å². The van der Waals surface area contributed by atoms with Gasteiger partial charge in [-0.2, -0.15) is 0 Å². The van der Waals surface area contributed by atoms with Gasteiger partial charge >= 0.3 is 0 Å². The van der Waals surface area contributed by atoms with Crippen LogP contribution in [0.2, 0.25) is 0 Å². The molecule has 0 nitrogen and oxygen atoms in total. The standard InChI is InChI=1S/C25H35F3/c1-3-4-17-6-9-18(10-7-17)19-11-13-20(14-12-19)22-15-21-8-5-16(2)24(26)23(21)25(22,27)28/h5,8,17-20,22H,3-4,6-7,9-15H2,1-2H3. The summed E-state index contributed by atoms with van der Waals surface area (Å²) in [4.78, 5) is 0. The summed E-state index contributed by atoms with van der Waals surface area (Å²) in [5, 5.41) is 0. The van der Waals surface area contributed by atoms with Gasteiger partial charge in [-0.1, -0.05) is 44.7 Å². The Balaban J connectivity index is 1.37. The molecule has 0 aliphatic heterocycles. The monoisotopic (exact) mass is 392 g/mol. The molecular formula is C25H35F3. The number of aryl methyl sites for hydroxylation is 1. The van der Waals surface area contributed by atoms with Crippen molar-refractivity contribution in [2.75, 3.05) is 0 Å². The third kappa shape index (κ3) is 3.63. The average molecular weight is 393 g/mol. The van der Waals surface area contributed by atoms with Gasteiger partial charge < -0.3 is 0 Å². The van der Waals surface area contributed by atoms with E-state index in [0.29, 0.717) is 17.5 Å². The molecule has 0 radical (unpaired) electrons. The van der Waals surface area contributed by atoms with Crippen molar-refractivity contribution >= 4 is 0 Å². The van der Waals surface area contributed by atoms with E-state index in [-0.39, 0.29) is 11.5 Å². The summed E-state index contributed by atoms with van der Waals surface area (Å²) in [6.45, 7) is 3.86. The Kier molecular flexibility index (Phi) is 5.82. The Morgan fingerprint density at radius 2 is 1.46 bits per heavy atom. The molecule has 0 N–H and O–H groups in total. The summed E-state index contributed by atoms with van der Waals surface area (Å²) in [5.41, 5.74) is 0.574. The lowest BCUT2D eigenvalue weighted by molar-refractivity contribution is -0.0854. The first kappa shape index (κ1) is 20.3. The van der Waals surface area contributed by atoms with Crippen LogP contribution in [0.15, 0.2) is 12.1 Å². The van der Waals surface area contributed by atoms with Crippen LogP contribution in [0.25, 0.3) is 0 Å². The Bertz CT molecular complexity index is 679. The van der Waals surface area contributed by atoms with Crippen LogP contribution in [0.4, 0.5) is 13.2 Å². The summed E-state index contributed by atoms with van der Waals surface area (Å²) >= 11 is 0. The van der Waals surface area contributed by atoms with Crippen molar-refractivity contribution in [2.24, 2.45) is 29.6 Å². The highest BCUT2D eigenvalue weighted by molar-refractivity contribution is 5.41. The lowest BCUT2D eigenvalue weighted by atomic mass is 9.66. The number of rotatable bonds is 4. The predicted octanol–water partition coefficient (Wildman–Crippen LogP) is 7.81. The number of halogens is 3.